The third kappa shape index (κ3) is 4.12. The summed E-state index contributed by atoms with van der Waals surface area (Å²) in [5, 5.41) is 20.7. The van der Waals surface area contributed by atoms with Crippen molar-refractivity contribution in [3.63, 3.8) is 0 Å². The summed E-state index contributed by atoms with van der Waals surface area (Å²) in [7, 11) is 1.78. The molecule has 0 radical (unpaired) electrons. The van der Waals surface area contributed by atoms with Crippen LogP contribution in [0.4, 0.5) is 22.4 Å². The van der Waals surface area contributed by atoms with Gasteiger partial charge in [0.15, 0.2) is 5.82 Å². The molecule has 1 aliphatic heterocycles. The fourth-order valence-corrected chi connectivity index (χ4v) is 4.42. The fourth-order valence-electron chi connectivity index (χ4n) is 4.42. The second-order valence-electron chi connectivity index (χ2n) is 9.12. The fraction of sp³-hybridized carbons (Fsp3) is 0.455. The van der Waals surface area contributed by atoms with E-state index in [1.807, 2.05) is 45.0 Å². The second kappa shape index (κ2) is 8.18. The highest BCUT2D eigenvalue weighted by atomic mass is 16.4. The van der Waals surface area contributed by atoms with E-state index >= 15 is 0 Å². The molecule has 0 unspecified atom stereocenters. The number of hydrogen-bond donors (Lipinski definition) is 4. The van der Waals surface area contributed by atoms with Gasteiger partial charge in [-0.1, -0.05) is 6.07 Å². The number of rotatable bonds is 4. The van der Waals surface area contributed by atoms with E-state index in [4.69, 9.17) is 5.73 Å². The highest BCUT2D eigenvalue weighted by Crippen LogP contribution is 2.30. The van der Waals surface area contributed by atoms with Crippen LogP contribution >= 0.6 is 0 Å². The molecule has 0 aliphatic carbocycles. The van der Waals surface area contributed by atoms with Gasteiger partial charge < -0.3 is 21.1 Å². The van der Waals surface area contributed by atoms with Crippen LogP contribution in [0.3, 0.4) is 0 Å². The zero-order valence-electron chi connectivity index (χ0n) is 18.9. The molecule has 32 heavy (non-hydrogen) atoms. The van der Waals surface area contributed by atoms with Crippen LogP contribution < -0.4 is 16.0 Å². The molecule has 1 fully saturated rings. The SMILES string of the molecule is CNc1nc(-c2ccc3c(N)n[nH]c3c2)cc(N2CCC[C@@H](N(C(=O)O)C(C)(C)C)C2)n1. The van der Waals surface area contributed by atoms with Crippen molar-refractivity contribution in [2.75, 3.05) is 36.1 Å². The summed E-state index contributed by atoms with van der Waals surface area (Å²) in [6, 6.07) is 7.70. The molecule has 0 saturated carbocycles. The summed E-state index contributed by atoms with van der Waals surface area (Å²) in [5.74, 6) is 1.74. The van der Waals surface area contributed by atoms with E-state index in [-0.39, 0.29) is 6.04 Å². The van der Waals surface area contributed by atoms with Gasteiger partial charge in [-0.3, -0.25) is 10.00 Å². The van der Waals surface area contributed by atoms with Crippen LogP contribution in [-0.4, -0.2) is 68.0 Å². The zero-order valence-corrected chi connectivity index (χ0v) is 18.9. The number of nitrogen functional groups attached to an aromatic ring is 1. The van der Waals surface area contributed by atoms with E-state index in [0.29, 0.717) is 18.3 Å². The van der Waals surface area contributed by atoms with Gasteiger partial charge in [-0.05, 0) is 45.7 Å². The first-order valence-electron chi connectivity index (χ1n) is 10.8. The summed E-state index contributed by atoms with van der Waals surface area (Å²) in [6.07, 6.45) is 0.822. The zero-order chi connectivity index (χ0) is 23.0. The molecular formula is C22H30N8O2. The van der Waals surface area contributed by atoms with Gasteiger partial charge in [0.25, 0.3) is 0 Å². The third-order valence-corrected chi connectivity index (χ3v) is 5.84. The number of nitrogens with two attached hydrogens (primary N) is 1. The summed E-state index contributed by atoms with van der Waals surface area (Å²) in [5.41, 5.74) is 7.93. The largest absolute Gasteiger partial charge is 0.465 e. The number of fused-ring (bicyclic) bond motifs is 1. The third-order valence-electron chi connectivity index (χ3n) is 5.84. The van der Waals surface area contributed by atoms with Crippen molar-refractivity contribution in [2.45, 2.75) is 45.2 Å². The maximum absolute atomic E-state index is 12.0. The number of anilines is 3. The minimum absolute atomic E-state index is 0.109. The number of benzene rings is 1. The summed E-state index contributed by atoms with van der Waals surface area (Å²) in [6.45, 7) is 7.18. The van der Waals surface area contributed by atoms with Crippen LogP contribution in [-0.2, 0) is 0 Å². The number of aromatic nitrogens is 4. The van der Waals surface area contributed by atoms with Crippen molar-refractivity contribution < 1.29 is 9.90 Å². The van der Waals surface area contributed by atoms with Gasteiger partial charge >= 0.3 is 6.09 Å². The molecule has 1 aromatic carbocycles. The standard InChI is InChI=1S/C22H30N8O2/c1-22(2,3)30(21(31)32)14-6-5-9-29(12-14)18-11-16(25-20(24-4)26-18)13-7-8-15-17(10-13)27-28-19(15)23/h7-8,10-11,14H,5-6,9,12H2,1-4H3,(H,31,32)(H3,23,27,28)(H,24,25,26)/t14-/m1/s1. The lowest BCUT2D eigenvalue weighted by Crippen LogP contribution is -2.57. The van der Waals surface area contributed by atoms with Gasteiger partial charge in [0.05, 0.1) is 17.3 Å². The number of nitrogens with zero attached hydrogens (tertiary/aromatic N) is 5. The molecule has 10 nitrogen and oxygen atoms in total. The van der Waals surface area contributed by atoms with Gasteiger partial charge in [-0.15, -0.1) is 0 Å². The number of carbonyl (C=O) groups is 1. The lowest BCUT2D eigenvalue weighted by atomic mass is 9.97. The van der Waals surface area contributed by atoms with E-state index in [0.717, 1.165) is 47.4 Å². The molecule has 3 aromatic rings. The Labute approximate surface area is 186 Å². The van der Waals surface area contributed by atoms with Crippen LogP contribution in [0, 0.1) is 0 Å². The quantitative estimate of drug-likeness (QED) is 0.487. The average Bonchev–Trinajstić information content (AvgIpc) is 3.12. The van der Waals surface area contributed by atoms with Crippen LogP contribution in [0.5, 0.6) is 0 Å². The van der Waals surface area contributed by atoms with Crippen LogP contribution in [0.15, 0.2) is 24.3 Å². The molecule has 4 rings (SSSR count). The predicted molar refractivity (Wildman–Crippen MR) is 126 cm³/mol. The van der Waals surface area contributed by atoms with E-state index in [9.17, 15) is 9.90 Å². The Morgan fingerprint density at radius 1 is 1.31 bits per heavy atom. The first-order valence-corrected chi connectivity index (χ1v) is 10.8. The Hall–Kier alpha value is -3.56. The minimum atomic E-state index is -0.893. The van der Waals surface area contributed by atoms with Crippen molar-refractivity contribution in [1.82, 2.24) is 25.1 Å². The van der Waals surface area contributed by atoms with E-state index < -0.39 is 11.6 Å². The van der Waals surface area contributed by atoms with Gasteiger partial charge in [-0.2, -0.15) is 10.1 Å². The summed E-state index contributed by atoms with van der Waals surface area (Å²) >= 11 is 0. The van der Waals surface area contributed by atoms with Crippen LogP contribution in [0.1, 0.15) is 33.6 Å². The molecule has 1 atom stereocenters. The second-order valence-corrected chi connectivity index (χ2v) is 9.12. The molecule has 1 saturated heterocycles. The molecular weight excluding hydrogens is 408 g/mol. The van der Waals surface area contributed by atoms with Gasteiger partial charge in [0.1, 0.15) is 5.82 Å². The minimum Gasteiger partial charge on any atom is -0.465 e. The Balaban J connectivity index is 1.68. The number of hydrogen-bond acceptors (Lipinski definition) is 7. The normalized spacial score (nSPS) is 16.9. The Bertz CT molecular complexity index is 1140. The Kier molecular flexibility index (Phi) is 5.53. The van der Waals surface area contributed by atoms with Crippen LogP contribution in [0.25, 0.3) is 22.2 Å². The number of H-pyrrole nitrogens is 1. The maximum atomic E-state index is 12.0. The average molecular weight is 439 g/mol. The van der Waals surface area contributed by atoms with Crippen molar-refractivity contribution in [3.05, 3.63) is 24.3 Å². The predicted octanol–water partition coefficient (Wildman–Crippen LogP) is 3.39. The lowest BCUT2D eigenvalue weighted by Gasteiger charge is -2.44. The molecule has 10 heteroatoms. The number of piperidine rings is 1. The maximum Gasteiger partial charge on any atom is 0.408 e. The number of carboxylic acid groups (broad SMARTS) is 1. The van der Waals surface area contributed by atoms with Crippen molar-refractivity contribution in [3.8, 4) is 11.3 Å². The molecule has 0 bridgehead atoms. The molecule has 1 amide bonds. The molecule has 0 spiro atoms. The van der Waals surface area contributed by atoms with Crippen LogP contribution in [0.2, 0.25) is 0 Å². The van der Waals surface area contributed by atoms with E-state index in [2.05, 4.69) is 30.4 Å². The first-order chi connectivity index (χ1) is 15.2. The smallest absolute Gasteiger partial charge is 0.408 e. The number of amides is 1. The summed E-state index contributed by atoms with van der Waals surface area (Å²) in [4.78, 5) is 25.0. The van der Waals surface area contributed by atoms with Gasteiger partial charge in [0, 0.05) is 42.7 Å². The molecule has 1 aliphatic rings. The highest BCUT2D eigenvalue weighted by Gasteiger charge is 2.36. The topological polar surface area (TPSA) is 136 Å². The van der Waals surface area contributed by atoms with Gasteiger partial charge in [-0.25, -0.2) is 9.78 Å². The Morgan fingerprint density at radius 2 is 2.09 bits per heavy atom. The number of aromatic amines is 1. The van der Waals surface area contributed by atoms with E-state index in [1.54, 1.807) is 11.9 Å². The Morgan fingerprint density at radius 3 is 2.78 bits per heavy atom. The van der Waals surface area contributed by atoms with Crippen molar-refractivity contribution in [2.24, 2.45) is 0 Å². The van der Waals surface area contributed by atoms with Gasteiger partial charge in [0.2, 0.25) is 5.95 Å². The number of nitrogens with one attached hydrogen (secondary N) is 2. The molecule has 2 aromatic heterocycles. The molecule has 5 N–H and O–H groups in total. The highest BCUT2D eigenvalue weighted by molar-refractivity contribution is 5.91. The first kappa shape index (κ1) is 21.7. The monoisotopic (exact) mass is 438 g/mol. The molecule has 3 heterocycles. The van der Waals surface area contributed by atoms with E-state index in [1.165, 1.54) is 0 Å². The molecule has 170 valence electrons. The lowest BCUT2D eigenvalue weighted by molar-refractivity contribution is 0.0647. The summed E-state index contributed by atoms with van der Waals surface area (Å²) < 4.78 is 0. The van der Waals surface area contributed by atoms with Crippen molar-refractivity contribution >= 4 is 34.6 Å². The van der Waals surface area contributed by atoms with Crippen molar-refractivity contribution in [1.29, 1.82) is 0 Å².